The Bertz CT molecular complexity index is 840. The van der Waals surface area contributed by atoms with Crippen molar-refractivity contribution < 1.29 is 14.5 Å². The molecule has 1 aromatic carbocycles. The summed E-state index contributed by atoms with van der Waals surface area (Å²) < 4.78 is 0. The zero-order valence-electron chi connectivity index (χ0n) is 17.9. The number of carbonyl (C=O) groups excluding carboxylic acids is 2. The number of non-ortho nitro benzene ring substituents is 1. The van der Waals surface area contributed by atoms with Crippen LogP contribution in [0.2, 0.25) is 0 Å². The summed E-state index contributed by atoms with van der Waals surface area (Å²) in [7, 11) is 0. The van der Waals surface area contributed by atoms with Gasteiger partial charge in [-0.2, -0.15) is 0 Å². The van der Waals surface area contributed by atoms with Crippen LogP contribution in [0.3, 0.4) is 0 Å². The molecule has 0 unspecified atom stereocenters. The maximum Gasteiger partial charge on any atom is 0.269 e. The van der Waals surface area contributed by atoms with E-state index in [0.717, 1.165) is 51.6 Å². The summed E-state index contributed by atoms with van der Waals surface area (Å²) in [5, 5.41) is 14.1. The van der Waals surface area contributed by atoms with Crippen molar-refractivity contribution in [2.75, 3.05) is 13.1 Å². The lowest BCUT2D eigenvalue weighted by atomic mass is 9.47. The van der Waals surface area contributed by atoms with Gasteiger partial charge in [0.15, 0.2) is 0 Å². The van der Waals surface area contributed by atoms with E-state index in [1.807, 2.05) is 4.90 Å². The normalized spacial score (nSPS) is 32.5. The van der Waals surface area contributed by atoms with Crippen LogP contribution >= 0.6 is 0 Å². The highest BCUT2D eigenvalue weighted by Gasteiger charge is 2.57. The Labute approximate surface area is 182 Å². The van der Waals surface area contributed by atoms with E-state index in [2.05, 4.69) is 5.32 Å². The van der Waals surface area contributed by atoms with Crippen LogP contribution in [0, 0.1) is 33.3 Å². The highest BCUT2D eigenvalue weighted by atomic mass is 16.6. The molecule has 6 rings (SSSR count). The number of hydrogen-bond donors (Lipinski definition) is 1. The highest BCUT2D eigenvalue weighted by molar-refractivity contribution is 5.98. The van der Waals surface area contributed by atoms with E-state index in [-0.39, 0.29) is 22.9 Å². The summed E-state index contributed by atoms with van der Waals surface area (Å²) in [4.78, 5) is 39.3. The first-order valence-corrected chi connectivity index (χ1v) is 11.8. The van der Waals surface area contributed by atoms with E-state index in [9.17, 15) is 19.7 Å². The molecule has 0 spiro atoms. The number of hydrogen-bond acceptors (Lipinski definition) is 4. The van der Waals surface area contributed by atoms with Crippen LogP contribution in [-0.2, 0) is 4.79 Å². The van der Waals surface area contributed by atoms with E-state index in [1.54, 1.807) is 0 Å². The van der Waals surface area contributed by atoms with Gasteiger partial charge in [0, 0.05) is 36.2 Å². The lowest BCUT2D eigenvalue weighted by Crippen LogP contribution is -2.62. The fraction of sp³-hybridized carbons (Fsp3) is 0.667. The van der Waals surface area contributed by atoms with Crippen molar-refractivity contribution in [1.82, 2.24) is 10.2 Å². The topological polar surface area (TPSA) is 92.6 Å². The molecular weight excluding hydrogens is 394 g/mol. The first kappa shape index (κ1) is 20.5. The number of likely N-dealkylation sites (tertiary alicyclic amines) is 1. The second-order valence-corrected chi connectivity index (χ2v) is 10.4. The van der Waals surface area contributed by atoms with Crippen molar-refractivity contribution in [3.8, 4) is 0 Å². The summed E-state index contributed by atoms with van der Waals surface area (Å²) in [5.74, 6) is 1.82. The van der Waals surface area contributed by atoms with Gasteiger partial charge in [0.2, 0.25) is 5.91 Å². The van der Waals surface area contributed by atoms with E-state index < -0.39 is 11.0 Å². The van der Waals surface area contributed by atoms with Crippen molar-refractivity contribution in [3.63, 3.8) is 0 Å². The number of rotatable bonds is 5. The van der Waals surface area contributed by atoms with Gasteiger partial charge in [-0.1, -0.05) is 0 Å². The van der Waals surface area contributed by atoms with Gasteiger partial charge in [0.05, 0.1) is 4.92 Å². The largest absolute Gasteiger partial charge is 0.341 e. The summed E-state index contributed by atoms with van der Waals surface area (Å²) in [5.41, 5.74) is 0.185. The van der Waals surface area contributed by atoms with Crippen LogP contribution in [0.5, 0.6) is 0 Å². The van der Waals surface area contributed by atoms with Crippen LogP contribution < -0.4 is 5.32 Å². The number of nitro groups is 1. The molecule has 1 atom stereocenters. The maximum atomic E-state index is 13.7. The van der Waals surface area contributed by atoms with Crippen molar-refractivity contribution >= 4 is 17.5 Å². The van der Waals surface area contributed by atoms with Gasteiger partial charge < -0.3 is 10.2 Å². The van der Waals surface area contributed by atoms with Gasteiger partial charge in [0.25, 0.3) is 11.6 Å². The van der Waals surface area contributed by atoms with Gasteiger partial charge in [-0.3, -0.25) is 19.7 Å². The van der Waals surface area contributed by atoms with Crippen molar-refractivity contribution in [2.24, 2.45) is 23.2 Å². The van der Waals surface area contributed by atoms with Crippen LogP contribution in [-0.4, -0.2) is 40.8 Å². The minimum absolute atomic E-state index is 0.0430. The molecule has 1 aliphatic heterocycles. The van der Waals surface area contributed by atoms with Crippen molar-refractivity contribution in [2.45, 2.75) is 63.8 Å². The second-order valence-electron chi connectivity index (χ2n) is 10.4. The molecule has 2 amide bonds. The number of nitrogens with one attached hydrogen (secondary N) is 1. The number of carbonyl (C=O) groups is 2. The van der Waals surface area contributed by atoms with Crippen LogP contribution in [0.4, 0.5) is 5.69 Å². The smallest absolute Gasteiger partial charge is 0.269 e. The molecule has 31 heavy (non-hydrogen) atoms. The third kappa shape index (κ3) is 3.83. The Morgan fingerprint density at radius 1 is 0.968 bits per heavy atom. The summed E-state index contributed by atoms with van der Waals surface area (Å²) >= 11 is 0. The van der Waals surface area contributed by atoms with E-state index in [4.69, 9.17) is 0 Å². The molecule has 4 bridgehead atoms. The quantitative estimate of drug-likeness (QED) is 0.572. The average molecular weight is 426 g/mol. The fourth-order valence-corrected chi connectivity index (χ4v) is 7.25. The Kier molecular flexibility index (Phi) is 5.22. The summed E-state index contributed by atoms with van der Waals surface area (Å²) in [6.45, 7) is 1.55. The number of benzene rings is 1. The molecule has 4 aliphatic carbocycles. The number of amides is 2. The number of nitro benzene ring substituents is 1. The Morgan fingerprint density at radius 2 is 1.52 bits per heavy atom. The van der Waals surface area contributed by atoms with Crippen molar-refractivity contribution in [3.05, 3.63) is 39.9 Å². The minimum Gasteiger partial charge on any atom is -0.341 e. The molecule has 166 valence electrons. The molecule has 1 heterocycles. The third-order valence-electron chi connectivity index (χ3n) is 8.23. The molecule has 1 saturated heterocycles. The molecule has 0 aromatic heterocycles. The Hall–Kier alpha value is -2.44. The molecule has 1 aromatic rings. The van der Waals surface area contributed by atoms with Gasteiger partial charge in [0.1, 0.15) is 6.04 Å². The minimum atomic E-state index is -0.498. The lowest BCUT2D eigenvalue weighted by Gasteiger charge is -2.59. The first-order chi connectivity index (χ1) is 14.9. The Balaban J connectivity index is 1.42. The van der Waals surface area contributed by atoms with Crippen LogP contribution in [0.15, 0.2) is 24.3 Å². The first-order valence-electron chi connectivity index (χ1n) is 11.8. The number of piperidine rings is 1. The second kappa shape index (κ2) is 7.92. The lowest BCUT2D eigenvalue weighted by molar-refractivity contribution is -0.384. The zero-order chi connectivity index (χ0) is 21.6. The fourth-order valence-electron chi connectivity index (χ4n) is 7.25. The zero-order valence-corrected chi connectivity index (χ0v) is 17.9. The molecule has 5 fully saturated rings. The van der Waals surface area contributed by atoms with Crippen molar-refractivity contribution in [1.29, 1.82) is 0 Å². The molecule has 0 radical (unpaired) electrons. The maximum absolute atomic E-state index is 13.7. The summed E-state index contributed by atoms with van der Waals surface area (Å²) in [6, 6.07) is 5.16. The third-order valence-corrected chi connectivity index (χ3v) is 8.23. The predicted octanol–water partition coefficient (Wildman–Crippen LogP) is 3.92. The van der Waals surface area contributed by atoms with Gasteiger partial charge in [-0.25, -0.2) is 0 Å². The number of nitrogens with zero attached hydrogens (tertiary/aromatic N) is 2. The Morgan fingerprint density at radius 3 is 2.03 bits per heavy atom. The van der Waals surface area contributed by atoms with E-state index in [1.165, 1.54) is 43.5 Å². The molecule has 7 nitrogen and oxygen atoms in total. The predicted molar refractivity (Wildman–Crippen MR) is 115 cm³/mol. The average Bonchev–Trinajstić information content (AvgIpc) is 2.76. The van der Waals surface area contributed by atoms with Gasteiger partial charge in [-0.15, -0.1) is 0 Å². The highest BCUT2D eigenvalue weighted by Crippen LogP contribution is 2.61. The molecule has 7 heteroatoms. The molecule has 1 N–H and O–H groups in total. The molecule has 5 aliphatic rings. The van der Waals surface area contributed by atoms with Crippen LogP contribution in [0.25, 0.3) is 0 Å². The molecular formula is C24H31N3O4. The van der Waals surface area contributed by atoms with Gasteiger partial charge in [-0.05, 0) is 87.7 Å². The van der Waals surface area contributed by atoms with Crippen LogP contribution in [0.1, 0.15) is 68.1 Å². The SMILES string of the molecule is O=C(N[C@H](C(=O)N1CCCCC1)C12CC3CC(CC(C3)C1)C2)c1ccc([N+](=O)[O-])cc1. The molecule has 4 saturated carbocycles. The summed E-state index contributed by atoms with van der Waals surface area (Å²) in [6.07, 6.45) is 10.1. The standard InChI is InChI=1S/C24H31N3O4/c28-22(19-4-6-20(7-5-19)27(30)31)25-21(23(29)26-8-2-1-3-9-26)24-13-16-10-17(14-24)12-18(11-16)15-24/h4-7,16-18,21H,1-3,8-15H2,(H,25,28)/t16?,17?,18?,21-,24?/m1/s1. The van der Waals surface area contributed by atoms with Gasteiger partial charge >= 0.3 is 0 Å². The van der Waals surface area contributed by atoms with E-state index in [0.29, 0.717) is 23.3 Å². The van der Waals surface area contributed by atoms with E-state index >= 15 is 0 Å². The monoisotopic (exact) mass is 425 g/mol.